The number of ether oxygens (including phenoxy) is 1. The summed E-state index contributed by atoms with van der Waals surface area (Å²) in [4.78, 5) is 57.1. The van der Waals surface area contributed by atoms with E-state index in [0.29, 0.717) is 38.0 Å². The van der Waals surface area contributed by atoms with Gasteiger partial charge in [0.25, 0.3) is 5.91 Å². The molecule has 10 nitrogen and oxygen atoms in total. The molecule has 0 aliphatic carbocycles. The van der Waals surface area contributed by atoms with Crippen LogP contribution in [0.1, 0.15) is 56.5 Å². The predicted molar refractivity (Wildman–Crippen MR) is 160 cm³/mol. The third-order valence-electron chi connectivity index (χ3n) is 7.35. The Bertz CT molecular complexity index is 1200. The van der Waals surface area contributed by atoms with E-state index in [9.17, 15) is 24.3 Å². The Morgan fingerprint density at radius 3 is 2.26 bits per heavy atom. The van der Waals surface area contributed by atoms with Gasteiger partial charge in [-0.3, -0.25) is 19.3 Å². The average molecular weight is 581 g/mol. The number of hydrogen-bond donors (Lipinski definition) is 2. The molecule has 2 aromatic rings. The number of nitrogens with one attached hydrogen (secondary N) is 1. The van der Waals surface area contributed by atoms with Crippen molar-refractivity contribution in [3.05, 3.63) is 71.8 Å². The summed E-state index contributed by atoms with van der Waals surface area (Å²) in [6.45, 7) is 7.37. The maximum Gasteiger partial charge on any atom is 0.410 e. The van der Waals surface area contributed by atoms with Crippen molar-refractivity contribution < 1.29 is 29.0 Å². The molecule has 1 heterocycles. The van der Waals surface area contributed by atoms with Gasteiger partial charge in [0.15, 0.2) is 0 Å². The second-order valence-electron chi connectivity index (χ2n) is 11.7. The van der Waals surface area contributed by atoms with Crippen LogP contribution in [-0.2, 0) is 20.7 Å². The number of aliphatic hydroxyl groups excluding tert-OH is 1. The lowest BCUT2D eigenvalue weighted by molar-refractivity contribution is -0.139. The number of amides is 4. The van der Waals surface area contributed by atoms with E-state index >= 15 is 0 Å². The van der Waals surface area contributed by atoms with Crippen molar-refractivity contribution in [2.24, 2.45) is 0 Å². The molecule has 1 saturated heterocycles. The molecule has 2 aromatic carbocycles. The van der Waals surface area contributed by atoms with Gasteiger partial charge in [-0.25, -0.2) is 4.79 Å². The zero-order chi connectivity index (χ0) is 30.9. The number of nitrogens with zero attached hydrogens (tertiary/aromatic N) is 3. The van der Waals surface area contributed by atoms with Crippen LogP contribution in [0, 0.1) is 0 Å². The van der Waals surface area contributed by atoms with Gasteiger partial charge in [0.1, 0.15) is 17.7 Å². The maximum absolute atomic E-state index is 13.6. The second kappa shape index (κ2) is 14.8. The molecule has 0 aromatic heterocycles. The first kappa shape index (κ1) is 32.6. The number of hydrogen-bond acceptors (Lipinski definition) is 6. The molecule has 1 aliphatic rings. The summed E-state index contributed by atoms with van der Waals surface area (Å²) in [5.41, 5.74) is 0.952. The third-order valence-corrected chi connectivity index (χ3v) is 7.35. The predicted octanol–water partition coefficient (Wildman–Crippen LogP) is 3.10. The fraction of sp³-hybridized carbons (Fsp3) is 0.500. The highest BCUT2D eigenvalue weighted by Crippen LogP contribution is 2.21. The van der Waals surface area contributed by atoms with Crippen LogP contribution in [0.4, 0.5) is 4.79 Å². The number of carbonyl (C=O) groups is 4. The van der Waals surface area contributed by atoms with Gasteiger partial charge in [-0.1, -0.05) is 48.5 Å². The van der Waals surface area contributed by atoms with E-state index in [1.165, 1.54) is 14.0 Å². The Morgan fingerprint density at radius 2 is 1.67 bits per heavy atom. The molecular formula is C32H44N4O6. The van der Waals surface area contributed by atoms with E-state index in [1.54, 1.807) is 42.7 Å². The Morgan fingerprint density at radius 1 is 1.05 bits per heavy atom. The molecule has 3 atom stereocenters. The first-order chi connectivity index (χ1) is 19.9. The summed E-state index contributed by atoms with van der Waals surface area (Å²) >= 11 is 0. The van der Waals surface area contributed by atoms with Gasteiger partial charge < -0.3 is 25.0 Å². The van der Waals surface area contributed by atoms with Crippen LogP contribution >= 0.6 is 0 Å². The number of likely N-dealkylation sites (N-methyl/N-ethyl adjacent to an activating group) is 1. The lowest BCUT2D eigenvalue weighted by Gasteiger charge is -2.33. The largest absolute Gasteiger partial charge is 0.444 e. The Labute approximate surface area is 248 Å². The quantitative estimate of drug-likeness (QED) is 0.422. The number of benzene rings is 2. The van der Waals surface area contributed by atoms with Gasteiger partial charge >= 0.3 is 6.09 Å². The van der Waals surface area contributed by atoms with Gasteiger partial charge in [0.2, 0.25) is 11.8 Å². The minimum atomic E-state index is -1.19. The molecular weight excluding hydrogens is 536 g/mol. The second-order valence-corrected chi connectivity index (χ2v) is 11.7. The van der Waals surface area contributed by atoms with Crippen molar-refractivity contribution in [1.82, 2.24) is 20.0 Å². The number of aliphatic hydroxyl groups is 1. The molecule has 2 N–H and O–H groups in total. The van der Waals surface area contributed by atoms with Gasteiger partial charge in [-0.05, 0) is 64.7 Å². The smallest absolute Gasteiger partial charge is 0.410 e. The van der Waals surface area contributed by atoms with Crippen LogP contribution in [0.25, 0.3) is 0 Å². The van der Waals surface area contributed by atoms with Crippen molar-refractivity contribution >= 4 is 23.8 Å². The minimum absolute atomic E-state index is 0.114. The highest BCUT2D eigenvalue weighted by atomic mass is 16.6. The van der Waals surface area contributed by atoms with Crippen molar-refractivity contribution in [3.8, 4) is 0 Å². The lowest BCUT2D eigenvalue weighted by atomic mass is 10.1. The van der Waals surface area contributed by atoms with Crippen molar-refractivity contribution in [2.45, 2.75) is 70.7 Å². The van der Waals surface area contributed by atoms with E-state index in [1.807, 2.05) is 48.5 Å². The van der Waals surface area contributed by atoms with E-state index in [0.717, 1.165) is 16.9 Å². The molecule has 0 radical (unpaired) electrons. The third kappa shape index (κ3) is 9.04. The monoisotopic (exact) mass is 580 g/mol. The molecule has 10 heteroatoms. The molecule has 0 spiro atoms. The summed E-state index contributed by atoms with van der Waals surface area (Å²) in [5, 5.41) is 12.7. The van der Waals surface area contributed by atoms with E-state index in [4.69, 9.17) is 4.74 Å². The first-order valence-electron chi connectivity index (χ1n) is 14.5. The van der Waals surface area contributed by atoms with Crippen molar-refractivity contribution in [1.29, 1.82) is 0 Å². The molecule has 0 bridgehead atoms. The lowest BCUT2D eigenvalue weighted by Crippen LogP contribution is -2.57. The summed E-state index contributed by atoms with van der Waals surface area (Å²) in [5.74, 6) is -1.12. The number of rotatable bonds is 11. The molecule has 228 valence electrons. The van der Waals surface area contributed by atoms with Crippen LogP contribution in [0.5, 0.6) is 0 Å². The average Bonchev–Trinajstić information content (AvgIpc) is 3.44. The minimum Gasteiger partial charge on any atom is -0.444 e. The molecule has 0 unspecified atom stereocenters. The zero-order valence-corrected chi connectivity index (χ0v) is 25.3. The fourth-order valence-electron chi connectivity index (χ4n) is 4.86. The highest BCUT2D eigenvalue weighted by molar-refractivity contribution is 5.94. The van der Waals surface area contributed by atoms with Gasteiger partial charge in [-0.15, -0.1) is 0 Å². The van der Waals surface area contributed by atoms with Crippen LogP contribution in [0.2, 0.25) is 0 Å². The van der Waals surface area contributed by atoms with Gasteiger partial charge in [0.05, 0.1) is 6.61 Å². The Balaban J connectivity index is 1.70. The summed E-state index contributed by atoms with van der Waals surface area (Å²) < 4.78 is 5.33. The summed E-state index contributed by atoms with van der Waals surface area (Å²) in [7, 11) is 1.44. The maximum atomic E-state index is 13.6. The first-order valence-corrected chi connectivity index (χ1v) is 14.5. The standard InChI is InChI=1S/C32H44N4O6/c1-23(34(5)31(41)42-32(2,3)4)28(38)33-27(22-37)30(40)36-19-12-17-26(36)21-35(20-18-24-13-8-6-9-14-24)29(39)25-15-10-7-11-16-25/h6-11,13-16,23,26-27,37H,12,17-22H2,1-5H3,(H,33,38)/t23-,26-,27-/m0/s1. The Kier molecular flexibility index (Phi) is 11.5. The molecule has 3 rings (SSSR count). The van der Waals surface area contributed by atoms with Gasteiger partial charge in [0, 0.05) is 38.3 Å². The number of carbonyl (C=O) groups excluding carboxylic acids is 4. The summed E-state index contributed by atoms with van der Waals surface area (Å²) in [6, 6.07) is 16.6. The van der Waals surface area contributed by atoms with Crippen molar-refractivity contribution in [3.63, 3.8) is 0 Å². The van der Waals surface area contributed by atoms with Crippen LogP contribution in [0.15, 0.2) is 60.7 Å². The SMILES string of the molecule is C[C@@H](C(=O)N[C@@H](CO)C(=O)N1CCC[C@H]1CN(CCc1ccccc1)C(=O)c1ccccc1)N(C)C(=O)OC(C)(C)C. The molecule has 4 amide bonds. The Hall–Kier alpha value is -3.92. The fourth-order valence-corrected chi connectivity index (χ4v) is 4.86. The van der Waals surface area contributed by atoms with Gasteiger partial charge in [-0.2, -0.15) is 0 Å². The zero-order valence-electron chi connectivity index (χ0n) is 25.3. The summed E-state index contributed by atoms with van der Waals surface area (Å²) in [6.07, 6.45) is 1.43. The molecule has 1 fully saturated rings. The normalized spacial score (nSPS) is 16.3. The topological polar surface area (TPSA) is 119 Å². The molecule has 0 saturated carbocycles. The highest BCUT2D eigenvalue weighted by Gasteiger charge is 2.37. The van der Waals surface area contributed by atoms with Crippen LogP contribution in [-0.4, -0.2) is 101 Å². The van der Waals surface area contributed by atoms with Crippen LogP contribution in [0.3, 0.4) is 0 Å². The molecule has 42 heavy (non-hydrogen) atoms. The van der Waals surface area contributed by atoms with Crippen molar-refractivity contribution in [2.75, 3.05) is 33.3 Å². The van der Waals surface area contributed by atoms with E-state index < -0.39 is 42.2 Å². The van der Waals surface area contributed by atoms with E-state index in [-0.39, 0.29) is 11.9 Å². The van der Waals surface area contributed by atoms with E-state index in [2.05, 4.69) is 5.32 Å². The van der Waals surface area contributed by atoms with Crippen LogP contribution < -0.4 is 5.32 Å². The number of likely N-dealkylation sites (tertiary alicyclic amines) is 1. The molecule has 1 aliphatic heterocycles.